The number of fused-ring (bicyclic) bond motifs is 1. The fraction of sp³-hybridized carbons (Fsp3) is 0.333. The number of ether oxygens (including phenoxy) is 1. The van der Waals surface area contributed by atoms with Crippen LogP contribution in [-0.4, -0.2) is 49.3 Å². The number of nitrogens with one attached hydrogen (secondary N) is 1. The Balaban J connectivity index is 1.66. The Labute approximate surface area is 132 Å². The lowest BCUT2D eigenvalue weighted by molar-refractivity contribution is 0.0834. The molecule has 0 saturated heterocycles. The summed E-state index contributed by atoms with van der Waals surface area (Å²) in [5.41, 5.74) is 2.10. The zero-order valence-electron chi connectivity index (χ0n) is 12.5. The van der Waals surface area contributed by atoms with Gasteiger partial charge in [-0.25, -0.2) is 4.98 Å². The van der Waals surface area contributed by atoms with Crippen LogP contribution in [0.3, 0.4) is 0 Å². The molecule has 4 rings (SSSR count). The van der Waals surface area contributed by atoms with Gasteiger partial charge in [0.15, 0.2) is 11.2 Å². The van der Waals surface area contributed by atoms with E-state index in [1.807, 2.05) is 24.3 Å². The second kappa shape index (κ2) is 5.47. The maximum atomic E-state index is 9.36. The van der Waals surface area contributed by atoms with Crippen LogP contribution >= 0.6 is 0 Å². The van der Waals surface area contributed by atoms with Crippen LogP contribution < -0.4 is 10.1 Å². The van der Waals surface area contributed by atoms with Crippen LogP contribution in [0.1, 0.15) is 12.8 Å². The molecule has 2 N–H and O–H groups in total. The summed E-state index contributed by atoms with van der Waals surface area (Å²) in [7, 11) is 1.63. The highest BCUT2D eigenvalue weighted by atomic mass is 16.5. The average Bonchev–Trinajstić information content (AvgIpc) is 2.97. The van der Waals surface area contributed by atoms with Gasteiger partial charge < -0.3 is 15.2 Å². The van der Waals surface area contributed by atoms with Crippen LogP contribution in [0.2, 0.25) is 0 Å². The Hall–Kier alpha value is -2.74. The molecule has 2 heterocycles. The van der Waals surface area contributed by atoms with Gasteiger partial charge in [-0.1, -0.05) is 5.21 Å². The van der Waals surface area contributed by atoms with Crippen molar-refractivity contribution < 1.29 is 9.84 Å². The van der Waals surface area contributed by atoms with E-state index in [0.29, 0.717) is 17.1 Å². The third-order valence-electron chi connectivity index (χ3n) is 3.96. The van der Waals surface area contributed by atoms with Gasteiger partial charge in [-0.3, -0.25) is 0 Å². The van der Waals surface area contributed by atoms with Gasteiger partial charge in [0.2, 0.25) is 5.95 Å². The summed E-state index contributed by atoms with van der Waals surface area (Å²) in [5, 5.41) is 20.8. The largest absolute Gasteiger partial charge is 0.497 e. The standard InChI is InChI=1S/C15H16N6O2/c1-23-12-4-2-10(3-5-12)21-14-13(19-20-21)8-16-15(18-14)17-9-6-11(22)7-9/h2-5,8-9,11,22H,6-7H2,1H3,(H,16,17,18)/t9-,11-. The molecule has 0 atom stereocenters. The van der Waals surface area contributed by atoms with E-state index in [1.165, 1.54) is 0 Å². The molecule has 1 aromatic carbocycles. The van der Waals surface area contributed by atoms with Crippen LogP contribution in [-0.2, 0) is 0 Å². The van der Waals surface area contributed by atoms with E-state index in [2.05, 4.69) is 25.6 Å². The van der Waals surface area contributed by atoms with Gasteiger partial charge in [0.25, 0.3) is 0 Å². The predicted molar refractivity (Wildman–Crippen MR) is 83.7 cm³/mol. The van der Waals surface area contributed by atoms with Crippen molar-refractivity contribution in [3.8, 4) is 11.4 Å². The third-order valence-corrected chi connectivity index (χ3v) is 3.96. The minimum absolute atomic E-state index is 0.216. The smallest absolute Gasteiger partial charge is 0.225 e. The first kappa shape index (κ1) is 13.9. The molecule has 0 bridgehead atoms. The first-order valence-electron chi connectivity index (χ1n) is 7.40. The second-order valence-electron chi connectivity index (χ2n) is 5.57. The van der Waals surface area contributed by atoms with E-state index in [-0.39, 0.29) is 12.1 Å². The summed E-state index contributed by atoms with van der Waals surface area (Å²) in [6, 6.07) is 7.72. The molecule has 1 saturated carbocycles. The molecule has 2 aromatic heterocycles. The summed E-state index contributed by atoms with van der Waals surface area (Å²) in [5.74, 6) is 1.30. The zero-order chi connectivity index (χ0) is 15.8. The highest BCUT2D eigenvalue weighted by Gasteiger charge is 2.27. The summed E-state index contributed by atoms with van der Waals surface area (Å²) in [4.78, 5) is 8.75. The lowest BCUT2D eigenvalue weighted by Crippen LogP contribution is -2.39. The Bertz CT molecular complexity index is 826. The van der Waals surface area contributed by atoms with Gasteiger partial charge in [-0.15, -0.1) is 5.10 Å². The number of aliphatic hydroxyl groups is 1. The molecule has 0 amide bonds. The minimum Gasteiger partial charge on any atom is -0.497 e. The lowest BCUT2D eigenvalue weighted by Gasteiger charge is -2.31. The topological polar surface area (TPSA) is 98.0 Å². The number of hydrogen-bond donors (Lipinski definition) is 2. The summed E-state index contributed by atoms with van der Waals surface area (Å²) in [6.45, 7) is 0. The summed E-state index contributed by atoms with van der Waals surface area (Å²) in [6.07, 6.45) is 2.87. The lowest BCUT2D eigenvalue weighted by atomic mass is 9.90. The Kier molecular flexibility index (Phi) is 3.30. The van der Waals surface area contributed by atoms with Crippen molar-refractivity contribution in [3.63, 3.8) is 0 Å². The van der Waals surface area contributed by atoms with Crippen LogP contribution in [0, 0.1) is 0 Å². The number of aromatic nitrogens is 5. The van der Waals surface area contributed by atoms with Crippen molar-refractivity contribution in [3.05, 3.63) is 30.5 Å². The van der Waals surface area contributed by atoms with Gasteiger partial charge in [0, 0.05) is 6.04 Å². The molecular formula is C15H16N6O2. The maximum absolute atomic E-state index is 9.36. The van der Waals surface area contributed by atoms with Crippen molar-refractivity contribution in [1.29, 1.82) is 0 Å². The molecule has 0 unspecified atom stereocenters. The predicted octanol–water partition coefficient (Wildman–Crippen LogP) is 1.15. The van der Waals surface area contributed by atoms with Gasteiger partial charge in [0.1, 0.15) is 5.75 Å². The number of anilines is 1. The molecule has 1 fully saturated rings. The maximum Gasteiger partial charge on any atom is 0.225 e. The first-order valence-corrected chi connectivity index (χ1v) is 7.40. The second-order valence-corrected chi connectivity index (χ2v) is 5.57. The fourth-order valence-corrected chi connectivity index (χ4v) is 2.58. The van der Waals surface area contributed by atoms with E-state index in [4.69, 9.17) is 4.74 Å². The quantitative estimate of drug-likeness (QED) is 0.745. The summed E-state index contributed by atoms with van der Waals surface area (Å²) >= 11 is 0. The molecule has 8 heteroatoms. The average molecular weight is 312 g/mol. The zero-order valence-corrected chi connectivity index (χ0v) is 12.5. The molecule has 3 aromatic rings. The summed E-state index contributed by atoms with van der Waals surface area (Å²) < 4.78 is 6.83. The van der Waals surface area contributed by atoms with Gasteiger partial charge in [0.05, 0.1) is 25.1 Å². The van der Waals surface area contributed by atoms with E-state index < -0.39 is 0 Å². The van der Waals surface area contributed by atoms with Crippen molar-refractivity contribution in [1.82, 2.24) is 25.0 Å². The number of nitrogens with zero attached hydrogens (tertiary/aromatic N) is 5. The van der Waals surface area contributed by atoms with Gasteiger partial charge >= 0.3 is 0 Å². The number of hydrogen-bond acceptors (Lipinski definition) is 7. The van der Waals surface area contributed by atoms with Crippen molar-refractivity contribution in [2.45, 2.75) is 25.0 Å². The number of benzene rings is 1. The molecule has 0 spiro atoms. The Morgan fingerprint density at radius 3 is 2.74 bits per heavy atom. The molecule has 0 radical (unpaired) electrons. The Morgan fingerprint density at radius 2 is 2.04 bits per heavy atom. The van der Waals surface area contributed by atoms with E-state index in [1.54, 1.807) is 18.0 Å². The van der Waals surface area contributed by atoms with Crippen molar-refractivity contribution in [2.24, 2.45) is 0 Å². The molecule has 0 aliphatic heterocycles. The normalized spacial score (nSPS) is 20.3. The third kappa shape index (κ3) is 2.57. The van der Waals surface area contributed by atoms with Crippen LogP contribution in [0.15, 0.2) is 30.5 Å². The van der Waals surface area contributed by atoms with Crippen molar-refractivity contribution in [2.75, 3.05) is 12.4 Å². The van der Waals surface area contributed by atoms with Gasteiger partial charge in [-0.2, -0.15) is 9.67 Å². The highest BCUT2D eigenvalue weighted by Crippen LogP contribution is 2.23. The molecular weight excluding hydrogens is 296 g/mol. The molecule has 23 heavy (non-hydrogen) atoms. The number of methoxy groups -OCH3 is 1. The number of aliphatic hydroxyl groups excluding tert-OH is 1. The first-order chi connectivity index (χ1) is 11.2. The van der Waals surface area contributed by atoms with E-state index in [9.17, 15) is 5.11 Å². The van der Waals surface area contributed by atoms with E-state index >= 15 is 0 Å². The Morgan fingerprint density at radius 1 is 1.26 bits per heavy atom. The van der Waals surface area contributed by atoms with E-state index in [0.717, 1.165) is 24.3 Å². The molecule has 1 aliphatic rings. The van der Waals surface area contributed by atoms with Crippen molar-refractivity contribution >= 4 is 17.1 Å². The highest BCUT2D eigenvalue weighted by molar-refractivity contribution is 5.72. The molecule has 1 aliphatic carbocycles. The van der Waals surface area contributed by atoms with Crippen LogP contribution in [0.25, 0.3) is 16.9 Å². The van der Waals surface area contributed by atoms with Gasteiger partial charge in [-0.05, 0) is 37.1 Å². The minimum atomic E-state index is -0.220. The number of rotatable bonds is 4. The molecule has 8 nitrogen and oxygen atoms in total. The SMILES string of the molecule is COc1ccc(-n2nnc3cnc(N[C@H]4C[C@H](O)C4)nc32)cc1. The van der Waals surface area contributed by atoms with Crippen LogP contribution in [0.5, 0.6) is 5.75 Å². The monoisotopic (exact) mass is 312 g/mol. The van der Waals surface area contributed by atoms with Crippen LogP contribution in [0.4, 0.5) is 5.95 Å². The fourth-order valence-electron chi connectivity index (χ4n) is 2.58. The molecule has 118 valence electrons.